The number of amides is 2. The fourth-order valence-electron chi connectivity index (χ4n) is 2.10. The van der Waals surface area contributed by atoms with Crippen molar-refractivity contribution in [3.8, 4) is 0 Å². The van der Waals surface area contributed by atoms with E-state index in [-0.39, 0.29) is 23.9 Å². The molecule has 5 heteroatoms. The van der Waals surface area contributed by atoms with Gasteiger partial charge in [0.2, 0.25) is 11.8 Å². The number of likely N-dealkylation sites (tertiary alicyclic amines) is 1. The van der Waals surface area contributed by atoms with E-state index in [4.69, 9.17) is 5.73 Å². The van der Waals surface area contributed by atoms with E-state index in [1.807, 2.05) is 0 Å². The zero-order valence-corrected chi connectivity index (χ0v) is 8.03. The summed E-state index contributed by atoms with van der Waals surface area (Å²) in [7, 11) is 0. The van der Waals surface area contributed by atoms with E-state index >= 15 is 0 Å². The lowest BCUT2D eigenvalue weighted by Crippen LogP contribution is -2.53. The molecule has 2 aliphatic heterocycles. The van der Waals surface area contributed by atoms with Crippen LogP contribution in [0.15, 0.2) is 0 Å². The van der Waals surface area contributed by atoms with Crippen LogP contribution in [0.3, 0.4) is 0 Å². The van der Waals surface area contributed by atoms with E-state index in [9.17, 15) is 9.59 Å². The monoisotopic (exact) mass is 197 g/mol. The third kappa shape index (κ3) is 1.59. The van der Waals surface area contributed by atoms with Crippen LogP contribution in [0, 0.1) is 0 Å². The second kappa shape index (κ2) is 3.57. The van der Waals surface area contributed by atoms with Crippen LogP contribution in [0.1, 0.15) is 19.3 Å². The number of hydrogen-bond acceptors (Lipinski definition) is 3. The van der Waals surface area contributed by atoms with E-state index in [0.29, 0.717) is 13.0 Å². The van der Waals surface area contributed by atoms with Crippen molar-refractivity contribution < 1.29 is 9.59 Å². The Morgan fingerprint density at radius 2 is 2.21 bits per heavy atom. The highest BCUT2D eigenvalue weighted by molar-refractivity contribution is 5.85. The Labute approximate surface area is 82.6 Å². The normalized spacial score (nSPS) is 33.4. The fourth-order valence-corrected chi connectivity index (χ4v) is 2.10. The Morgan fingerprint density at radius 3 is 2.86 bits per heavy atom. The van der Waals surface area contributed by atoms with Gasteiger partial charge in [0, 0.05) is 19.5 Å². The number of nitrogens with zero attached hydrogens (tertiary/aromatic N) is 1. The summed E-state index contributed by atoms with van der Waals surface area (Å²) in [6.45, 7) is 1.32. The van der Waals surface area contributed by atoms with Gasteiger partial charge in [-0.1, -0.05) is 0 Å². The second-order valence-corrected chi connectivity index (χ2v) is 3.94. The summed E-state index contributed by atoms with van der Waals surface area (Å²) in [6, 6.07) is -0.333. The van der Waals surface area contributed by atoms with Crippen molar-refractivity contribution in [1.29, 1.82) is 0 Å². The summed E-state index contributed by atoms with van der Waals surface area (Å²) in [4.78, 5) is 24.4. The van der Waals surface area contributed by atoms with Crippen molar-refractivity contribution >= 4 is 11.8 Å². The maximum absolute atomic E-state index is 11.7. The van der Waals surface area contributed by atoms with E-state index in [1.165, 1.54) is 0 Å². The number of nitrogens with two attached hydrogens (primary N) is 1. The van der Waals surface area contributed by atoms with Crippen molar-refractivity contribution in [2.75, 3.05) is 13.1 Å². The highest BCUT2D eigenvalue weighted by Crippen LogP contribution is 2.17. The predicted molar refractivity (Wildman–Crippen MR) is 50.3 cm³/mol. The topological polar surface area (TPSA) is 75.4 Å². The lowest BCUT2D eigenvalue weighted by Gasteiger charge is -2.34. The summed E-state index contributed by atoms with van der Waals surface area (Å²) in [6.07, 6.45) is 2.14. The fraction of sp³-hybridized carbons (Fsp3) is 0.778. The number of piperidine rings is 1. The molecule has 0 spiro atoms. The van der Waals surface area contributed by atoms with Gasteiger partial charge in [0.25, 0.3) is 0 Å². The molecule has 2 unspecified atom stereocenters. The predicted octanol–water partition coefficient (Wildman–Crippen LogP) is -1.18. The quantitative estimate of drug-likeness (QED) is 0.556. The average Bonchev–Trinajstić information content (AvgIpc) is 2.57. The largest absolute Gasteiger partial charge is 0.354 e. The summed E-state index contributed by atoms with van der Waals surface area (Å²) in [5.74, 6) is 0.0275. The summed E-state index contributed by atoms with van der Waals surface area (Å²) >= 11 is 0. The lowest BCUT2D eigenvalue weighted by molar-refractivity contribution is -0.137. The third-order valence-electron chi connectivity index (χ3n) is 2.91. The van der Waals surface area contributed by atoms with Gasteiger partial charge in [-0.25, -0.2) is 0 Å². The molecule has 0 aromatic heterocycles. The molecule has 2 aliphatic rings. The highest BCUT2D eigenvalue weighted by atomic mass is 16.2. The molecule has 2 heterocycles. The Bertz CT molecular complexity index is 267. The number of rotatable bonds is 1. The van der Waals surface area contributed by atoms with Crippen LogP contribution >= 0.6 is 0 Å². The van der Waals surface area contributed by atoms with Crippen molar-refractivity contribution in [2.24, 2.45) is 5.73 Å². The lowest BCUT2D eigenvalue weighted by atomic mass is 10.0. The smallest absolute Gasteiger partial charge is 0.239 e. The zero-order chi connectivity index (χ0) is 10.1. The number of hydrogen-bond donors (Lipinski definition) is 2. The van der Waals surface area contributed by atoms with Crippen LogP contribution in [0.25, 0.3) is 0 Å². The minimum atomic E-state index is -0.362. The van der Waals surface area contributed by atoms with Gasteiger partial charge in [-0.3, -0.25) is 9.59 Å². The summed E-state index contributed by atoms with van der Waals surface area (Å²) < 4.78 is 0. The molecule has 2 atom stereocenters. The molecule has 2 amide bonds. The van der Waals surface area contributed by atoms with Gasteiger partial charge in [-0.15, -0.1) is 0 Å². The number of carbonyl (C=O) groups is 2. The van der Waals surface area contributed by atoms with Crippen LogP contribution in [-0.4, -0.2) is 41.9 Å². The standard InChI is InChI=1S/C9H15N3O2/c10-7-2-1-3-12(9(7)14)6-4-8(13)11-5-6/h6-7H,1-5,10H2,(H,11,13). The molecule has 0 saturated carbocycles. The minimum absolute atomic E-state index is 0.00208. The van der Waals surface area contributed by atoms with E-state index < -0.39 is 0 Å². The van der Waals surface area contributed by atoms with E-state index in [0.717, 1.165) is 19.4 Å². The molecular weight excluding hydrogens is 182 g/mol. The molecule has 0 bridgehead atoms. The van der Waals surface area contributed by atoms with E-state index in [1.54, 1.807) is 4.90 Å². The van der Waals surface area contributed by atoms with Gasteiger partial charge in [-0.05, 0) is 12.8 Å². The van der Waals surface area contributed by atoms with Crippen molar-refractivity contribution in [1.82, 2.24) is 10.2 Å². The van der Waals surface area contributed by atoms with E-state index in [2.05, 4.69) is 5.32 Å². The maximum atomic E-state index is 11.7. The molecule has 0 aromatic carbocycles. The molecule has 2 saturated heterocycles. The SMILES string of the molecule is NC1CCCN(C2CNC(=O)C2)C1=O. The molecule has 0 aromatic rings. The molecule has 78 valence electrons. The molecular formula is C9H15N3O2. The van der Waals surface area contributed by atoms with Crippen molar-refractivity contribution in [2.45, 2.75) is 31.3 Å². The summed E-state index contributed by atoms with van der Waals surface area (Å²) in [5, 5.41) is 2.73. The Morgan fingerprint density at radius 1 is 1.43 bits per heavy atom. The number of carbonyl (C=O) groups excluding carboxylic acids is 2. The molecule has 0 aliphatic carbocycles. The Balaban J connectivity index is 2.02. The first-order chi connectivity index (χ1) is 6.68. The average molecular weight is 197 g/mol. The molecule has 2 rings (SSSR count). The first kappa shape index (κ1) is 9.45. The summed E-state index contributed by atoms with van der Waals surface area (Å²) in [5.41, 5.74) is 5.67. The van der Waals surface area contributed by atoms with Crippen LogP contribution in [-0.2, 0) is 9.59 Å². The third-order valence-corrected chi connectivity index (χ3v) is 2.91. The van der Waals surface area contributed by atoms with Crippen LogP contribution in [0.2, 0.25) is 0 Å². The van der Waals surface area contributed by atoms with Crippen molar-refractivity contribution in [3.05, 3.63) is 0 Å². The Kier molecular flexibility index (Phi) is 2.41. The number of nitrogens with one attached hydrogen (secondary N) is 1. The molecule has 3 N–H and O–H groups in total. The van der Waals surface area contributed by atoms with Crippen LogP contribution in [0.4, 0.5) is 0 Å². The van der Waals surface area contributed by atoms with Crippen molar-refractivity contribution in [3.63, 3.8) is 0 Å². The maximum Gasteiger partial charge on any atom is 0.239 e. The van der Waals surface area contributed by atoms with Crippen LogP contribution in [0.5, 0.6) is 0 Å². The first-order valence-electron chi connectivity index (χ1n) is 5.01. The molecule has 14 heavy (non-hydrogen) atoms. The first-order valence-corrected chi connectivity index (χ1v) is 5.01. The second-order valence-electron chi connectivity index (χ2n) is 3.94. The van der Waals surface area contributed by atoms with Gasteiger partial charge in [0.05, 0.1) is 12.1 Å². The molecule has 5 nitrogen and oxygen atoms in total. The molecule has 2 fully saturated rings. The Hall–Kier alpha value is -1.10. The van der Waals surface area contributed by atoms with Crippen LogP contribution < -0.4 is 11.1 Å². The van der Waals surface area contributed by atoms with Gasteiger partial charge in [0.15, 0.2) is 0 Å². The molecule has 0 radical (unpaired) electrons. The van der Waals surface area contributed by atoms with Gasteiger partial charge >= 0.3 is 0 Å². The zero-order valence-electron chi connectivity index (χ0n) is 8.03. The van der Waals surface area contributed by atoms with Gasteiger partial charge < -0.3 is 16.0 Å². The minimum Gasteiger partial charge on any atom is -0.354 e. The van der Waals surface area contributed by atoms with Gasteiger partial charge in [0.1, 0.15) is 0 Å². The highest BCUT2D eigenvalue weighted by Gasteiger charge is 2.34. The van der Waals surface area contributed by atoms with Gasteiger partial charge in [-0.2, -0.15) is 0 Å².